The number of anilines is 1. The number of aryl methyl sites for hydroxylation is 1. The average molecular weight is 200 g/mol. The molecule has 0 bridgehead atoms. The summed E-state index contributed by atoms with van der Waals surface area (Å²) in [6.07, 6.45) is 0. The molecular weight excluding hydrogens is 186 g/mol. The number of aliphatic hydroxyl groups excluding tert-OH is 1. The molecule has 0 heterocycles. The topological polar surface area (TPSA) is 32.3 Å². The fourth-order valence-corrected chi connectivity index (χ4v) is 1.19. The van der Waals surface area contributed by atoms with Crippen LogP contribution in [0.1, 0.15) is 5.56 Å². The molecule has 1 unspecified atom stereocenters. The molecule has 72 valence electrons. The molecule has 0 aliphatic rings. The van der Waals surface area contributed by atoms with E-state index in [-0.39, 0.29) is 12.6 Å². The van der Waals surface area contributed by atoms with E-state index in [1.165, 1.54) is 5.56 Å². The largest absolute Gasteiger partial charge is 0.394 e. The van der Waals surface area contributed by atoms with Crippen molar-refractivity contribution in [1.82, 2.24) is 0 Å². The summed E-state index contributed by atoms with van der Waals surface area (Å²) in [6.45, 7) is 2.09. The van der Waals surface area contributed by atoms with Gasteiger partial charge in [-0.05, 0) is 19.1 Å². The first-order valence-electron chi connectivity index (χ1n) is 4.26. The van der Waals surface area contributed by atoms with E-state index in [9.17, 15) is 0 Å². The Hall–Kier alpha value is -0.730. The zero-order valence-electron chi connectivity index (χ0n) is 7.63. The van der Waals surface area contributed by atoms with E-state index in [4.69, 9.17) is 16.7 Å². The highest BCUT2D eigenvalue weighted by molar-refractivity contribution is 6.18. The van der Waals surface area contributed by atoms with Crippen LogP contribution in [0, 0.1) is 6.92 Å². The smallest absolute Gasteiger partial charge is 0.0644 e. The van der Waals surface area contributed by atoms with E-state index in [1.807, 2.05) is 31.2 Å². The molecule has 0 fully saturated rings. The second-order valence-electron chi connectivity index (χ2n) is 3.04. The van der Waals surface area contributed by atoms with Crippen LogP contribution < -0.4 is 5.32 Å². The molecule has 2 nitrogen and oxygen atoms in total. The lowest BCUT2D eigenvalue weighted by molar-refractivity contribution is 0.282. The summed E-state index contributed by atoms with van der Waals surface area (Å²) in [4.78, 5) is 0. The molecule has 13 heavy (non-hydrogen) atoms. The van der Waals surface area contributed by atoms with Gasteiger partial charge in [-0.15, -0.1) is 11.6 Å². The second-order valence-corrected chi connectivity index (χ2v) is 3.35. The van der Waals surface area contributed by atoms with Gasteiger partial charge in [0.25, 0.3) is 0 Å². The third kappa shape index (κ3) is 3.25. The quantitative estimate of drug-likeness (QED) is 0.728. The van der Waals surface area contributed by atoms with E-state index in [0.717, 1.165) is 5.69 Å². The van der Waals surface area contributed by atoms with Gasteiger partial charge >= 0.3 is 0 Å². The van der Waals surface area contributed by atoms with Crippen LogP contribution in [0.2, 0.25) is 0 Å². The summed E-state index contributed by atoms with van der Waals surface area (Å²) in [5, 5.41) is 12.0. The van der Waals surface area contributed by atoms with Gasteiger partial charge in [0.2, 0.25) is 0 Å². The number of alkyl halides is 1. The number of benzene rings is 1. The van der Waals surface area contributed by atoms with Gasteiger partial charge in [-0.1, -0.05) is 17.7 Å². The molecule has 0 spiro atoms. The van der Waals surface area contributed by atoms with Gasteiger partial charge in [0.1, 0.15) is 0 Å². The number of rotatable bonds is 4. The monoisotopic (exact) mass is 199 g/mol. The van der Waals surface area contributed by atoms with Crippen molar-refractivity contribution in [2.45, 2.75) is 13.0 Å². The van der Waals surface area contributed by atoms with Crippen LogP contribution in [0.15, 0.2) is 24.3 Å². The van der Waals surface area contributed by atoms with Crippen LogP contribution in [0.5, 0.6) is 0 Å². The van der Waals surface area contributed by atoms with Crippen molar-refractivity contribution >= 4 is 17.3 Å². The first kappa shape index (κ1) is 10.4. The molecule has 1 atom stereocenters. The Labute approximate surface area is 83.5 Å². The minimum atomic E-state index is -0.0654. The van der Waals surface area contributed by atoms with E-state index in [0.29, 0.717) is 5.88 Å². The second kappa shape index (κ2) is 5.10. The molecule has 1 rings (SSSR count). The van der Waals surface area contributed by atoms with Crippen molar-refractivity contribution in [2.24, 2.45) is 0 Å². The van der Waals surface area contributed by atoms with Crippen molar-refractivity contribution in [3.05, 3.63) is 29.8 Å². The normalized spacial score (nSPS) is 12.5. The van der Waals surface area contributed by atoms with Crippen molar-refractivity contribution in [3.8, 4) is 0 Å². The Morgan fingerprint density at radius 2 is 2.00 bits per heavy atom. The number of nitrogens with one attached hydrogen (secondary N) is 1. The Morgan fingerprint density at radius 3 is 2.46 bits per heavy atom. The zero-order valence-corrected chi connectivity index (χ0v) is 8.38. The minimum absolute atomic E-state index is 0.0530. The standard InChI is InChI=1S/C10H14ClNO/c1-8-2-4-9(5-3-8)12-10(6-11)7-13/h2-5,10,12-13H,6-7H2,1H3. The fraction of sp³-hybridized carbons (Fsp3) is 0.400. The van der Waals surface area contributed by atoms with Gasteiger partial charge in [-0.2, -0.15) is 0 Å². The van der Waals surface area contributed by atoms with Crippen LogP contribution >= 0.6 is 11.6 Å². The lowest BCUT2D eigenvalue weighted by Gasteiger charge is -2.14. The molecule has 0 radical (unpaired) electrons. The first-order chi connectivity index (χ1) is 6.26. The predicted molar refractivity (Wildman–Crippen MR) is 56.4 cm³/mol. The molecule has 0 aliphatic heterocycles. The summed E-state index contributed by atoms with van der Waals surface area (Å²) in [5.41, 5.74) is 2.21. The molecule has 0 aliphatic carbocycles. The van der Waals surface area contributed by atoms with Crippen LogP contribution in [0.4, 0.5) is 5.69 Å². The molecule has 1 aromatic rings. The van der Waals surface area contributed by atoms with Crippen LogP contribution in [0.3, 0.4) is 0 Å². The number of hydrogen-bond acceptors (Lipinski definition) is 2. The average Bonchev–Trinajstić information content (AvgIpc) is 2.17. The SMILES string of the molecule is Cc1ccc(NC(CO)CCl)cc1. The summed E-state index contributed by atoms with van der Waals surface area (Å²) < 4.78 is 0. The van der Waals surface area contributed by atoms with Gasteiger partial charge in [-0.3, -0.25) is 0 Å². The highest BCUT2D eigenvalue weighted by Crippen LogP contribution is 2.10. The van der Waals surface area contributed by atoms with Crippen LogP contribution in [-0.4, -0.2) is 23.6 Å². The Balaban J connectivity index is 2.58. The van der Waals surface area contributed by atoms with Gasteiger partial charge in [0.15, 0.2) is 0 Å². The maximum absolute atomic E-state index is 8.89. The van der Waals surface area contributed by atoms with Crippen molar-refractivity contribution < 1.29 is 5.11 Å². The molecule has 0 saturated heterocycles. The lowest BCUT2D eigenvalue weighted by atomic mass is 10.2. The van der Waals surface area contributed by atoms with E-state index in [1.54, 1.807) is 0 Å². The Kier molecular flexibility index (Phi) is 4.06. The molecule has 3 heteroatoms. The maximum Gasteiger partial charge on any atom is 0.0644 e. The minimum Gasteiger partial charge on any atom is -0.394 e. The number of hydrogen-bond donors (Lipinski definition) is 2. The molecular formula is C10H14ClNO. The third-order valence-electron chi connectivity index (χ3n) is 1.83. The van der Waals surface area contributed by atoms with Crippen molar-refractivity contribution in [2.75, 3.05) is 17.8 Å². The molecule has 0 aromatic heterocycles. The Bertz CT molecular complexity index is 244. The fourth-order valence-electron chi connectivity index (χ4n) is 1.02. The number of aliphatic hydroxyl groups is 1. The van der Waals surface area contributed by atoms with Gasteiger partial charge in [0, 0.05) is 11.6 Å². The highest BCUT2D eigenvalue weighted by atomic mass is 35.5. The van der Waals surface area contributed by atoms with E-state index >= 15 is 0 Å². The summed E-state index contributed by atoms with van der Waals surface area (Å²) in [5.74, 6) is 0.407. The predicted octanol–water partition coefficient (Wildman–Crippen LogP) is 2.01. The van der Waals surface area contributed by atoms with Gasteiger partial charge in [0.05, 0.1) is 12.6 Å². The van der Waals surface area contributed by atoms with Crippen molar-refractivity contribution in [1.29, 1.82) is 0 Å². The maximum atomic E-state index is 8.89. The molecule has 0 saturated carbocycles. The number of halogens is 1. The van der Waals surface area contributed by atoms with E-state index in [2.05, 4.69) is 5.32 Å². The Morgan fingerprint density at radius 1 is 1.38 bits per heavy atom. The summed E-state index contributed by atoms with van der Waals surface area (Å²) >= 11 is 5.63. The third-order valence-corrected chi connectivity index (χ3v) is 2.20. The molecule has 2 N–H and O–H groups in total. The molecule has 0 amide bonds. The van der Waals surface area contributed by atoms with Gasteiger partial charge in [-0.25, -0.2) is 0 Å². The first-order valence-corrected chi connectivity index (χ1v) is 4.79. The van der Waals surface area contributed by atoms with Crippen LogP contribution in [-0.2, 0) is 0 Å². The van der Waals surface area contributed by atoms with Crippen LogP contribution in [0.25, 0.3) is 0 Å². The van der Waals surface area contributed by atoms with Crippen molar-refractivity contribution in [3.63, 3.8) is 0 Å². The van der Waals surface area contributed by atoms with Gasteiger partial charge < -0.3 is 10.4 Å². The molecule has 1 aromatic carbocycles. The summed E-state index contributed by atoms with van der Waals surface area (Å²) in [7, 11) is 0. The summed E-state index contributed by atoms with van der Waals surface area (Å²) in [6, 6.07) is 7.93. The van der Waals surface area contributed by atoms with E-state index < -0.39 is 0 Å². The zero-order chi connectivity index (χ0) is 9.68. The lowest BCUT2D eigenvalue weighted by Crippen LogP contribution is -2.25. The highest BCUT2D eigenvalue weighted by Gasteiger charge is 2.03.